The fourth-order valence-corrected chi connectivity index (χ4v) is 2.62. The Morgan fingerprint density at radius 3 is 2.45 bits per heavy atom. The van der Waals surface area contributed by atoms with Crippen molar-refractivity contribution in [2.24, 2.45) is 12.8 Å². The van der Waals surface area contributed by atoms with Gasteiger partial charge in [-0.15, -0.1) is 0 Å². The largest absolute Gasteiger partial charge is 0.329 e. The average Bonchev–Trinajstić information content (AvgIpc) is 2.77. The summed E-state index contributed by atoms with van der Waals surface area (Å²) in [5.74, 6) is 0. The van der Waals surface area contributed by atoms with Gasteiger partial charge >= 0.3 is 0 Å². The highest BCUT2D eigenvalue weighted by Crippen LogP contribution is 2.23. The van der Waals surface area contributed by atoms with Gasteiger partial charge in [0.1, 0.15) is 0 Å². The molecule has 1 unspecified atom stereocenters. The number of aryl methyl sites for hydroxylation is 2. The smallest absolute Gasteiger partial charge is 0.0670 e. The molecule has 0 spiro atoms. The van der Waals surface area contributed by atoms with Gasteiger partial charge in [0.25, 0.3) is 0 Å². The number of nitrogens with two attached hydrogens (primary N) is 1. The summed E-state index contributed by atoms with van der Waals surface area (Å²) in [5.41, 5.74) is 8.55. The predicted octanol–water partition coefficient (Wildman–Crippen LogP) is 1.26. The van der Waals surface area contributed by atoms with Crippen molar-refractivity contribution in [3.8, 4) is 0 Å². The fourth-order valence-electron chi connectivity index (χ4n) is 2.62. The van der Waals surface area contributed by atoms with Crippen LogP contribution in [0.2, 0.25) is 0 Å². The van der Waals surface area contributed by atoms with Gasteiger partial charge < -0.3 is 10.6 Å². The van der Waals surface area contributed by atoms with Gasteiger partial charge in [0.2, 0.25) is 0 Å². The lowest BCUT2D eigenvalue weighted by Crippen LogP contribution is -2.39. The molecule has 5 heteroatoms. The Morgan fingerprint density at radius 1 is 1.25 bits per heavy atom. The summed E-state index contributed by atoms with van der Waals surface area (Å²) in [7, 11) is 6.21. The Labute approximate surface area is 123 Å². The molecule has 0 aromatic carbocycles. The summed E-state index contributed by atoms with van der Waals surface area (Å²) < 4.78 is 1.91. The van der Waals surface area contributed by atoms with Crippen LogP contribution in [-0.2, 0) is 13.5 Å². The molecule has 5 nitrogen and oxygen atoms in total. The van der Waals surface area contributed by atoms with Gasteiger partial charge in [-0.1, -0.05) is 13.8 Å². The van der Waals surface area contributed by atoms with E-state index in [2.05, 4.69) is 49.0 Å². The van der Waals surface area contributed by atoms with Gasteiger partial charge in [0.05, 0.1) is 11.7 Å². The second-order valence-electron chi connectivity index (χ2n) is 5.65. The fraction of sp³-hybridized carbons (Fsp3) is 0.800. The van der Waals surface area contributed by atoms with Crippen LogP contribution in [0.15, 0.2) is 6.20 Å². The van der Waals surface area contributed by atoms with Crippen LogP contribution in [0.5, 0.6) is 0 Å². The minimum atomic E-state index is 0.276. The van der Waals surface area contributed by atoms with Crippen molar-refractivity contribution >= 4 is 0 Å². The molecule has 0 radical (unpaired) electrons. The van der Waals surface area contributed by atoms with E-state index in [1.54, 1.807) is 0 Å². The maximum Gasteiger partial charge on any atom is 0.0670 e. The molecule has 1 heterocycles. The van der Waals surface area contributed by atoms with E-state index < -0.39 is 0 Å². The molecule has 1 aromatic rings. The van der Waals surface area contributed by atoms with Crippen molar-refractivity contribution in [3.05, 3.63) is 17.5 Å². The number of hydrogen-bond acceptors (Lipinski definition) is 4. The summed E-state index contributed by atoms with van der Waals surface area (Å²) in [6.07, 6.45) is 4.24. The molecular weight excluding hydrogens is 250 g/mol. The van der Waals surface area contributed by atoms with E-state index in [9.17, 15) is 0 Å². The van der Waals surface area contributed by atoms with Crippen LogP contribution in [0.1, 0.15) is 37.6 Å². The zero-order valence-electron chi connectivity index (χ0n) is 13.8. The third kappa shape index (κ3) is 4.58. The topological polar surface area (TPSA) is 50.3 Å². The van der Waals surface area contributed by atoms with Crippen molar-refractivity contribution in [2.75, 3.05) is 40.3 Å². The van der Waals surface area contributed by atoms with E-state index in [1.165, 1.54) is 11.3 Å². The molecule has 0 amide bonds. The van der Waals surface area contributed by atoms with Crippen LogP contribution in [-0.4, -0.2) is 59.9 Å². The molecule has 0 saturated carbocycles. The SMILES string of the molecule is CCCN(CCN(C)C)C(CN)c1cn(C)nc1CC. The highest BCUT2D eigenvalue weighted by atomic mass is 15.3. The molecule has 0 aliphatic carbocycles. The first-order chi connectivity index (χ1) is 9.53. The second kappa shape index (κ2) is 8.39. The first-order valence-electron chi connectivity index (χ1n) is 7.64. The molecule has 116 valence electrons. The lowest BCUT2D eigenvalue weighted by molar-refractivity contribution is 0.182. The Kier molecular flexibility index (Phi) is 7.19. The van der Waals surface area contributed by atoms with Crippen LogP contribution < -0.4 is 5.73 Å². The standard InChI is InChI=1S/C15H31N5/c1-6-8-20(10-9-18(3)4)15(11-16)13-12-19(5)17-14(13)7-2/h12,15H,6-11,16H2,1-5H3. The van der Waals surface area contributed by atoms with Crippen molar-refractivity contribution < 1.29 is 0 Å². The second-order valence-corrected chi connectivity index (χ2v) is 5.65. The Morgan fingerprint density at radius 2 is 1.95 bits per heavy atom. The average molecular weight is 281 g/mol. The number of likely N-dealkylation sites (N-methyl/N-ethyl adjacent to an activating group) is 1. The third-order valence-electron chi connectivity index (χ3n) is 3.64. The lowest BCUT2D eigenvalue weighted by Gasteiger charge is -2.31. The molecular formula is C15H31N5. The van der Waals surface area contributed by atoms with E-state index in [1.807, 2.05) is 11.7 Å². The van der Waals surface area contributed by atoms with Gasteiger partial charge in [0.15, 0.2) is 0 Å². The maximum atomic E-state index is 6.08. The molecule has 20 heavy (non-hydrogen) atoms. The van der Waals surface area contributed by atoms with E-state index in [4.69, 9.17) is 5.73 Å². The molecule has 0 saturated heterocycles. The number of rotatable bonds is 9. The molecule has 0 aliphatic heterocycles. The first kappa shape index (κ1) is 17.1. The maximum absolute atomic E-state index is 6.08. The lowest BCUT2D eigenvalue weighted by atomic mass is 10.0. The summed E-state index contributed by atoms with van der Waals surface area (Å²) in [6, 6.07) is 0.276. The van der Waals surface area contributed by atoms with Gasteiger partial charge in [-0.3, -0.25) is 9.58 Å². The molecule has 0 bridgehead atoms. The quantitative estimate of drug-likeness (QED) is 0.740. The number of nitrogens with zero attached hydrogens (tertiary/aromatic N) is 4. The zero-order chi connectivity index (χ0) is 15.1. The van der Waals surface area contributed by atoms with E-state index in [0.717, 1.165) is 32.5 Å². The normalized spacial score (nSPS) is 13.4. The highest BCUT2D eigenvalue weighted by molar-refractivity contribution is 5.22. The predicted molar refractivity (Wildman–Crippen MR) is 84.8 cm³/mol. The minimum absolute atomic E-state index is 0.276. The van der Waals surface area contributed by atoms with Crippen LogP contribution in [0.3, 0.4) is 0 Å². The molecule has 1 aromatic heterocycles. The molecule has 0 aliphatic rings. The minimum Gasteiger partial charge on any atom is -0.329 e. The monoisotopic (exact) mass is 281 g/mol. The zero-order valence-corrected chi connectivity index (χ0v) is 13.8. The first-order valence-corrected chi connectivity index (χ1v) is 7.64. The summed E-state index contributed by atoms with van der Waals surface area (Å²) in [6.45, 7) is 8.20. The third-order valence-corrected chi connectivity index (χ3v) is 3.64. The van der Waals surface area contributed by atoms with E-state index in [0.29, 0.717) is 6.54 Å². The van der Waals surface area contributed by atoms with Crippen LogP contribution >= 0.6 is 0 Å². The Hall–Kier alpha value is -0.910. The summed E-state index contributed by atoms with van der Waals surface area (Å²) >= 11 is 0. The summed E-state index contributed by atoms with van der Waals surface area (Å²) in [5, 5.41) is 4.56. The van der Waals surface area contributed by atoms with Gasteiger partial charge in [-0.25, -0.2) is 0 Å². The van der Waals surface area contributed by atoms with E-state index in [-0.39, 0.29) is 6.04 Å². The number of hydrogen-bond donors (Lipinski definition) is 1. The molecule has 1 atom stereocenters. The molecule has 2 N–H and O–H groups in total. The molecule has 0 fully saturated rings. The Balaban J connectivity index is 2.93. The van der Waals surface area contributed by atoms with Gasteiger partial charge in [0, 0.05) is 38.4 Å². The van der Waals surface area contributed by atoms with Crippen LogP contribution in [0, 0.1) is 0 Å². The summed E-state index contributed by atoms with van der Waals surface area (Å²) in [4.78, 5) is 4.72. The van der Waals surface area contributed by atoms with Crippen molar-refractivity contribution in [2.45, 2.75) is 32.7 Å². The van der Waals surface area contributed by atoms with Crippen molar-refractivity contribution in [1.82, 2.24) is 19.6 Å². The Bertz CT molecular complexity index is 386. The van der Waals surface area contributed by atoms with E-state index >= 15 is 0 Å². The van der Waals surface area contributed by atoms with Crippen molar-refractivity contribution in [3.63, 3.8) is 0 Å². The van der Waals surface area contributed by atoms with Crippen molar-refractivity contribution in [1.29, 1.82) is 0 Å². The van der Waals surface area contributed by atoms with Gasteiger partial charge in [-0.05, 0) is 33.5 Å². The number of aromatic nitrogens is 2. The van der Waals surface area contributed by atoms with Crippen LogP contribution in [0.4, 0.5) is 0 Å². The van der Waals surface area contributed by atoms with Gasteiger partial charge in [-0.2, -0.15) is 5.10 Å². The van der Waals surface area contributed by atoms with Crippen LogP contribution in [0.25, 0.3) is 0 Å². The highest BCUT2D eigenvalue weighted by Gasteiger charge is 2.22. The molecule has 1 rings (SSSR count).